The van der Waals surface area contributed by atoms with Crippen LogP contribution in [0.2, 0.25) is 0 Å². The zero-order chi connectivity index (χ0) is 18.9. The lowest BCUT2D eigenvalue weighted by Gasteiger charge is -2.14. The van der Waals surface area contributed by atoms with Gasteiger partial charge in [-0.2, -0.15) is 5.10 Å². The molecule has 142 valence electrons. The normalized spacial score (nSPS) is 14.3. The van der Waals surface area contributed by atoms with Gasteiger partial charge >= 0.3 is 0 Å². The molecule has 4 rings (SSSR count). The van der Waals surface area contributed by atoms with Crippen LogP contribution in [0.3, 0.4) is 0 Å². The van der Waals surface area contributed by atoms with Gasteiger partial charge in [0.1, 0.15) is 9.90 Å². The number of hydrogen-bond acceptors (Lipinski definition) is 5. The molecule has 0 radical (unpaired) electrons. The van der Waals surface area contributed by atoms with Gasteiger partial charge in [0.2, 0.25) is 10.0 Å². The van der Waals surface area contributed by atoms with Crippen molar-refractivity contribution >= 4 is 37.3 Å². The average molecular weight is 467 g/mol. The van der Waals surface area contributed by atoms with Gasteiger partial charge in [0.05, 0.1) is 16.0 Å². The first kappa shape index (κ1) is 18.8. The summed E-state index contributed by atoms with van der Waals surface area (Å²) < 4.78 is 30.5. The Balaban J connectivity index is 1.53. The second-order valence-electron chi connectivity index (χ2n) is 6.38. The first-order valence-electron chi connectivity index (χ1n) is 8.79. The fraction of sp³-hybridized carbons (Fsp3) is 0.333. The monoisotopic (exact) mass is 466 g/mol. The topological polar surface area (TPSA) is 76.9 Å². The van der Waals surface area contributed by atoms with Crippen LogP contribution in [0.25, 0.3) is 11.4 Å². The Morgan fingerprint density at radius 3 is 2.78 bits per heavy atom. The summed E-state index contributed by atoms with van der Waals surface area (Å²) in [6.07, 6.45) is 6.03. The zero-order valence-corrected chi connectivity index (χ0v) is 17.8. The summed E-state index contributed by atoms with van der Waals surface area (Å²) >= 11 is 4.50. The Morgan fingerprint density at radius 1 is 1.19 bits per heavy atom. The highest BCUT2D eigenvalue weighted by Gasteiger charge is 2.23. The van der Waals surface area contributed by atoms with Crippen LogP contribution in [0.15, 0.2) is 44.5 Å². The number of thiophene rings is 1. The number of sulfonamides is 1. The lowest BCUT2D eigenvalue weighted by Crippen LogP contribution is -2.27. The largest absolute Gasteiger partial charge is 0.267 e. The first-order valence-corrected chi connectivity index (χ1v) is 11.9. The van der Waals surface area contributed by atoms with E-state index in [0.29, 0.717) is 17.3 Å². The van der Waals surface area contributed by atoms with Gasteiger partial charge in [0, 0.05) is 24.0 Å². The molecule has 1 N–H and O–H groups in total. The minimum Gasteiger partial charge on any atom is -0.267 e. The molecule has 0 unspecified atom stereocenters. The molecule has 0 amide bonds. The molecule has 3 aromatic heterocycles. The van der Waals surface area contributed by atoms with Crippen LogP contribution in [0, 0.1) is 0 Å². The molecule has 1 aliphatic carbocycles. The lowest BCUT2D eigenvalue weighted by atomic mass is 9.95. The highest BCUT2D eigenvalue weighted by atomic mass is 79.9. The highest BCUT2D eigenvalue weighted by Crippen LogP contribution is 2.30. The van der Waals surface area contributed by atoms with E-state index >= 15 is 0 Å². The van der Waals surface area contributed by atoms with Crippen LogP contribution in [-0.4, -0.2) is 29.7 Å². The Kier molecular flexibility index (Phi) is 5.45. The molecule has 6 nitrogen and oxygen atoms in total. The molecule has 0 atom stereocenters. The highest BCUT2D eigenvalue weighted by molar-refractivity contribution is 9.11. The average Bonchev–Trinajstić information content (AvgIpc) is 3.27. The fourth-order valence-corrected chi connectivity index (χ4v) is 6.44. The number of hydrogen-bond donors (Lipinski definition) is 1. The Morgan fingerprint density at radius 2 is 2.04 bits per heavy atom. The van der Waals surface area contributed by atoms with Gasteiger partial charge in [-0.1, -0.05) is 6.07 Å². The van der Waals surface area contributed by atoms with E-state index in [2.05, 4.69) is 25.6 Å². The maximum Gasteiger partial charge on any atom is 0.250 e. The van der Waals surface area contributed by atoms with E-state index in [0.717, 1.165) is 40.9 Å². The number of nitrogens with one attached hydrogen (secondary N) is 1. The van der Waals surface area contributed by atoms with E-state index in [1.807, 2.05) is 22.9 Å². The van der Waals surface area contributed by atoms with Gasteiger partial charge in [-0.25, -0.2) is 13.1 Å². The molecule has 0 spiro atoms. The Labute approximate surface area is 170 Å². The first-order chi connectivity index (χ1) is 13.0. The van der Waals surface area contributed by atoms with E-state index < -0.39 is 10.0 Å². The molecule has 0 fully saturated rings. The number of rotatable bonds is 6. The van der Waals surface area contributed by atoms with Crippen molar-refractivity contribution in [2.24, 2.45) is 0 Å². The van der Waals surface area contributed by atoms with Crippen LogP contribution in [0.5, 0.6) is 0 Å². The van der Waals surface area contributed by atoms with Crippen LogP contribution < -0.4 is 4.72 Å². The summed E-state index contributed by atoms with van der Waals surface area (Å²) in [4.78, 5) is 4.44. The van der Waals surface area contributed by atoms with Crippen molar-refractivity contribution in [3.63, 3.8) is 0 Å². The van der Waals surface area contributed by atoms with E-state index in [1.54, 1.807) is 18.3 Å². The number of nitrogens with zero attached hydrogens (tertiary/aromatic N) is 3. The minimum absolute atomic E-state index is 0.299. The van der Waals surface area contributed by atoms with Gasteiger partial charge in [0.15, 0.2) is 0 Å². The van der Waals surface area contributed by atoms with Crippen molar-refractivity contribution in [3.8, 4) is 11.4 Å². The summed E-state index contributed by atoms with van der Waals surface area (Å²) in [6.45, 7) is 0.800. The molecular weight excluding hydrogens is 448 g/mol. The zero-order valence-electron chi connectivity index (χ0n) is 14.6. The number of aromatic nitrogens is 3. The Hall–Kier alpha value is -1.55. The van der Waals surface area contributed by atoms with E-state index in [1.165, 1.54) is 22.6 Å². The van der Waals surface area contributed by atoms with Gasteiger partial charge in [-0.05, 0) is 65.9 Å². The van der Waals surface area contributed by atoms with Crippen molar-refractivity contribution < 1.29 is 8.42 Å². The maximum absolute atomic E-state index is 12.4. The Bertz CT molecular complexity index is 1040. The molecule has 9 heteroatoms. The summed E-state index contributed by atoms with van der Waals surface area (Å²) in [7, 11) is -3.49. The van der Waals surface area contributed by atoms with Crippen LogP contribution >= 0.6 is 27.3 Å². The van der Waals surface area contributed by atoms with Crippen molar-refractivity contribution in [3.05, 3.63) is 51.6 Å². The SMILES string of the molecule is O=S(=O)(NCCn1nc(-c2ccccn2)c2c1CCCC2)c1ccc(Br)s1. The molecule has 0 aromatic carbocycles. The fourth-order valence-electron chi connectivity index (χ4n) is 3.36. The van der Waals surface area contributed by atoms with E-state index in [4.69, 9.17) is 5.10 Å². The summed E-state index contributed by atoms with van der Waals surface area (Å²) in [6, 6.07) is 9.17. The van der Waals surface area contributed by atoms with Crippen LogP contribution in [-0.2, 0) is 29.4 Å². The predicted octanol–water partition coefficient (Wildman–Crippen LogP) is 3.63. The number of fused-ring (bicyclic) bond motifs is 1. The molecule has 0 bridgehead atoms. The molecule has 3 aromatic rings. The van der Waals surface area contributed by atoms with Crippen LogP contribution in [0.4, 0.5) is 0 Å². The maximum atomic E-state index is 12.4. The second-order valence-corrected chi connectivity index (χ2v) is 10.8. The van der Waals surface area contributed by atoms with Crippen molar-refractivity contribution in [2.45, 2.75) is 36.4 Å². The molecular formula is C18H19BrN4O2S2. The number of pyridine rings is 1. The van der Waals surface area contributed by atoms with E-state index in [9.17, 15) is 8.42 Å². The van der Waals surface area contributed by atoms with Crippen molar-refractivity contribution in [1.29, 1.82) is 0 Å². The molecule has 3 heterocycles. The van der Waals surface area contributed by atoms with Gasteiger partial charge in [-0.3, -0.25) is 9.67 Å². The summed E-state index contributed by atoms with van der Waals surface area (Å²) in [5.74, 6) is 0. The third-order valence-electron chi connectivity index (χ3n) is 4.59. The standard InChI is InChI=1S/C18H19BrN4O2S2/c19-16-8-9-17(26-16)27(24,25)21-11-12-23-15-7-2-1-5-13(15)18(22-23)14-6-3-4-10-20-14/h3-4,6,8-10,21H,1-2,5,7,11-12H2. The van der Waals surface area contributed by atoms with E-state index in [-0.39, 0.29) is 0 Å². The lowest BCUT2D eigenvalue weighted by molar-refractivity contribution is 0.539. The van der Waals surface area contributed by atoms with Gasteiger partial charge < -0.3 is 0 Å². The van der Waals surface area contributed by atoms with Crippen LogP contribution in [0.1, 0.15) is 24.1 Å². The number of halogens is 1. The predicted molar refractivity (Wildman–Crippen MR) is 109 cm³/mol. The quantitative estimate of drug-likeness (QED) is 0.601. The smallest absolute Gasteiger partial charge is 0.250 e. The molecule has 0 saturated carbocycles. The molecule has 27 heavy (non-hydrogen) atoms. The molecule has 0 aliphatic heterocycles. The van der Waals surface area contributed by atoms with Gasteiger partial charge in [-0.15, -0.1) is 11.3 Å². The third-order valence-corrected chi connectivity index (χ3v) is 8.17. The van der Waals surface area contributed by atoms with Crippen molar-refractivity contribution in [1.82, 2.24) is 19.5 Å². The molecule has 0 saturated heterocycles. The summed E-state index contributed by atoms with van der Waals surface area (Å²) in [5, 5.41) is 4.77. The van der Waals surface area contributed by atoms with Crippen molar-refractivity contribution in [2.75, 3.05) is 6.54 Å². The summed E-state index contributed by atoms with van der Waals surface area (Å²) in [5.41, 5.74) is 4.26. The second kappa shape index (κ2) is 7.83. The molecule has 1 aliphatic rings. The minimum atomic E-state index is -3.49. The van der Waals surface area contributed by atoms with Gasteiger partial charge in [0.25, 0.3) is 0 Å². The third kappa shape index (κ3) is 4.01.